The molecule has 82 heavy (non-hydrogen) atoms. The number of hydrogen-bond acceptors (Lipinski definition) is 15. The minimum atomic E-state index is -2.01. The van der Waals surface area contributed by atoms with Crippen LogP contribution in [0.2, 0.25) is 0 Å². The molecule has 27 heteroatoms. The Hall–Kier alpha value is -8.59. The van der Waals surface area contributed by atoms with Crippen molar-refractivity contribution < 1.29 is 83.1 Å². The molecule has 0 aliphatic rings. The smallest absolute Gasteiger partial charge is 0.326 e. The Bertz CT molecular complexity index is 2700. The van der Waals surface area contributed by atoms with Crippen LogP contribution in [-0.4, -0.2) is 157 Å². The number of rotatable bonds is 35. The number of hydrogen-bond donors (Lipinski definition) is 15. The SMILES string of the molecule is CC[C@H](C)[C@H](NC(=O)[C@H](Cc1ccc(O)cc1)NC(=O)[C@@H](N)Cc1ccccc1)C(=O)N[C@@H](CS)C(=O)N[C@@H](Cc1ccccc1)C(=O)N[C@H](C(=O)N[C@@H](CCC(=O)O)C(=O)N[C@@H](CC(=O)O)C(=O)N[C@@H](CCC(=O)O)C(=O)O)C(C)C. The number of nitrogens with one attached hydrogen (secondary N) is 8. The highest BCUT2D eigenvalue weighted by atomic mass is 32.1. The third-order valence-corrected chi connectivity index (χ3v) is 13.3. The van der Waals surface area contributed by atoms with E-state index in [0.29, 0.717) is 17.5 Å². The molecule has 3 rings (SSSR count). The zero-order valence-corrected chi connectivity index (χ0v) is 46.6. The van der Waals surface area contributed by atoms with Crippen LogP contribution in [0.3, 0.4) is 0 Å². The first kappa shape index (κ1) is 67.7. The van der Waals surface area contributed by atoms with Gasteiger partial charge in [0.15, 0.2) is 0 Å². The number of aromatic hydroxyl groups is 1. The Labute approximate surface area is 478 Å². The average molecular weight is 1160 g/mol. The van der Waals surface area contributed by atoms with Gasteiger partial charge in [0.1, 0.15) is 54.1 Å². The van der Waals surface area contributed by atoms with Crippen molar-refractivity contribution in [3.05, 3.63) is 102 Å². The summed E-state index contributed by atoms with van der Waals surface area (Å²) in [6.45, 7) is 6.44. The van der Waals surface area contributed by atoms with Crippen molar-refractivity contribution in [1.29, 1.82) is 0 Å². The Morgan fingerprint density at radius 1 is 0.451 bits per heavy atom. The molecule has 26 nitrogen and oxygen atoms in total. The van der Waals surface area contributed by atoms with Gasteiger partial charge >= 0.3 is 23.9 Å². The highest BCUT2D eigenvalue weighted by Crippen LogP contribution is 2.16. The number of benzene rings is 3. The van der Waals surface area contributed by atoms with E-state index < -0.39 is 169 Å². The van der Waals surface area contributed by atoms with Crippen molar-refractivity contribution in [3.63, 3.8) is 0 Å². The first-order valence-corrected chi connectivity index (χ1v) is 26.9. The fraction of sp³-hybridized carbons (Fsp3) is 0.455. The van der Waals surface area contributed by atoms with E-state index >= 15 is 0 Å². The summed E-state index contributed by atoms with van der Waals surface area (Å²) in [5.41, 5.74) is 8.12. The molecular formula is C55H73N9O17S. The quantitative estimate of drug-likeness (QED) is 0.0332. The maximum Gasteiger partial charge on any atom is 0.326 e. The molecule has 0 aromatic heterocycles. The number of nitrogens with two attached hydrogens (primary N) is 1. The lowest BCUT2D eigenvalue weighted by atomic mass is 9.96. The van der Waals surface area contributed by atoms with Crippen LogP contribution < -0.4 is 48.3 Å². The van der Waals surface area contributed by atoms with Crippen molar-refractivity contribution in [3.8, 4) is 5.75 Å². The maximum atomic E-state index is 14.4. The van der Waals surface area contributed by atoms with Crippen molar-refractivity contribution in [2.45, 2.75) is 140 Å². The number of carbonyl (C=O) groups is 12. The number of carbonyl (C=O) groups excluding carboxylic acids is 8. The van der Waals surface area contributed by atoms with E-state index in [2.05, 4.69) is 49.8 Å². The van der Waals surface area contributed by atoms with E-state index in [1.54, 1.807) is 86.6 Å². The minimum absolute atomic E-state index is 0.0388. The summed E-state index contributed by atoms with van der Waals surface area (Å²) in [6.07, 6.45) is -3.64. The van der Waals surface area contributed by atoms with Crippen LogP contribution in [0.25, 0.3) is 0 Å². The van der Waals surface area contributed by atoms with E-state index in [1.807, 2.05) is 5.32 Å². The number of phenolic OH excluding ortho intramolecular Hbond substituents is 1. The lowest BCUT2D eigenvalue weighted by Crippen LogP contribution is -2.62. The van der Waals surface area contributed by atoms with E-state index in [0.717, 1.165) is 5.56 Å². The Balaban J connectivity index is 1.88. The van der Waals surface area contributed by atoms with Crippen LogP contribution in [0.5, 0.6) is 5.75 Å². The number of thiol groups is 1. The largest absolute Gasteiger partial charge is 0.508 e. The van der Waals surface area contributed by atoms with Crippen LogP contribution in [0.4, 0.5) is 0 Å². The highest BCUT2D eigenvalue weighted by Gasteiger charge is 2.37. The van der Waals surface area contributed by atoms with Crippen molar-refractivity contribution in [2.75, 3.05) is 5.75 Å². The topological polar surface area (TPSA) is 428 Å². The summed E-state index contributed by atoms with van der Waals surface area (Å²) < 4.78 is 0. The number of carboxylic acids is 4. The molecule has 0 saturated heterocycles. The molecule has 0 spiro atoms. The van der Waals surface area contributed by atoms with Crippen LogP contribution in [0.15, 0.2) is 84.9 Å². The third kappa shape index (κ3) is 23.2. The highest BCUT2D eigenvalue weighted by molar-refractivity contribution is 7.80. The van der Waals surface area contributed by atoms with Gasteiger partial charge in [0.25, 0.3) is 0 Å². The van der Waals surface area contributed by atoms with Gasteiger partial charge in [0.2, 0.25) is 47.3 Å². The molecule has 446 valence electrons. The summed E-state index contributed by atoms with van der Waals surface area (Å²) in [7, 11) is 0. The summed E-state index contributed by atoms with van der Waals surface area (Å²) in [5.74, 6) is -15.7. The minimum Gasteiger partial charge on any atom is -0.508 e. The normalized spacial score (nSPS) is 14.7. The van der Waals surface area contributed by atoms with Crippen molar-refractivity contribution in [2.24, 2.45) is 17.6 Å². The summed E-state index contributed by atoms with van der Waals surface area (Å²) in [6, 6.07) is 9.40. The molecule has 0 heterocycles. The predicted octanol–water partition coefficient (Wildman–Crippen LogP) is -0.453. The molecule has 0 unspecified atom stereocenters. The molecule has 0 aliphatic carbocycles. The van der Waals surface area contributed by atoms with Gasteiger partial charge < -0.3 is 73.8 Å². The summed E-state index contributed by atoms with van der Waals surface area (Å²) >= 11 is 4.32. The second-order valence-electron chi connectivity index (χ2n) is 19.8. The number of amides is 8. The first-order chi connectivity index (χ1) is 38.7. The van der Waals surface area contributed by atoms with E-state index in [-0.39, 0.29) is 30.8 Å². The second kappa shape index (κ2) is 33.9. The standard InChI is InChI=1S/C55H73N9O17S/c1-5-30(4)46(64-51(76)38(26-33-16-18-34(65)19-17-33)59-47(72)35(56)24-31-12-8-6-9-13-31)54(79)62-41(28-82)52(77)60-39(25-32-14-10-7-11-15-32)50(75)63-45(29(2)3)53(78)57-36(20-22-42(66)67)48(73)61-40(27-44(70)71)49(74)58-37(55(80)81)21-23-43(68)69/h6-19,29-30,35-41,45-46,65,82H,5,20-28,56H2,1-4H3,(H,57,78)(H,58,74)(H,59,72)(H,60,77)(H,61,73)(H,62,79)(H,63,75)(H,64,76)(H,66,67)(H,68,69)(H,70,71)(H,80,81)/t30-,35-,36-,37-,38-,39-,40-,41-,45-,46-/m0/s1. The van der Waals surface area contributed by atoms with Crippen molar-refractivity contribution in [1.82, 2.24) is 42.5 Å². The number of carboxylic acid groups (broad SMARTS) is 4. The predicted molar refractivity (Wildman–Crippen MR) is 297 cm³/mol. The van der Waals surface area contributed by atoms with Gasteiger partial charge in [0, 0.05) is 31.4 Å². The second-order valence-corrected chi connectivity index (χ2v) is 20.2. The third-order valence-electron chi connectivity index (χ3n) is 13.0. The number of aliphatic carboxylic acids is 4. The van der Waals surface area contributed by atoms with Gasteiger partial charge in [-0.15, -0.1) is 0 Å². The monoisotopic (exact) mass is 1160 g/mol. The fourth-order valence-corrected chi connectivity index (χ4v) is 8.36. The average Bonchev–Trinajstić information content (AvgIpc) is 3.42. The molecule has 0 bridgehead atoms. The zero-order valence-electron chi connectivity index (χ0n) is 45.7. The Kier molecular flexibility index (Phi) is 28.0. The van der Waals surface area contributed by atoms with Crippen LogP contribution in [0, 0.1) is 11.8 Å². The van der Waals surface area contributed by atoms with E-state index in [4.69, 9.17) is 10.8 Å². The molecule has 0 radical (unpaired) electrons. The van der Waals surface area contributed by atoms with Crippen LogP contribution in [-0.2, 0) is 76.8 Å². The Morgan fingerprint density at radius 2 is 0.841 bits per heavy atom. The molecule has 10 atom stereocenters. The van der Waals surface area contributed by atoms with Crippen LogP contribution >= 0.6 is 12.6 Å². The van der Waals surface area contributed by atoms with Gasteiger partial charge in [0.05, 0.1) is 12.5 Å². The molecule has 0 fully saturated rings. The van der Waals surface area contributed by atoms with Gasteiger partial charge in [-0.25, -0.2) is 4.79 Å². The van der Waals surface area contributed by atoms with Gasteiger partial charge in [-0.3, -0.25) is 52.7 Å². The summed E-state index contributed by atoms with van der Waals surface area (Å²) in [4.78, 5) is 158. The molecular weight excluding hydrogens is 1090 g/mol. The zero-order chi connectivity index (χ0) is 61.2. The first-order valence-electron chi connectivity index (χ1n) is 26.3. The van der Waals surface area contributed by atoms with Crippen LogP contribution in [0.1, 0.15) is 82.9 Å². The molecule has 3 aromatic rings. The molecule has 0 saturated carbocycles. The lowest BCUT2D eigenvalue weighted by Gasteiger charge is -2.30. The molecule has 0 aliphatic heterocycles. The van der Waals surface area contributed by atoms with Gasteiger partial charge in [-0.2, -0.15) is 12.6 Å². The van der Waals surface area contributed by atoms with E-state index in [1.165, 1.54) is 26.0 Å². The summed E-state index contributed by atoms with van der Waals surface area (Å²) in [5, 5.41) is 67.0. The maximum absolute atomic E-state index is 14.4. The molecule has 3 aromatic carbocycles. The van der Waals surface area contributed by atoms with Gasteiger partial charge in [-0.05, 0) is 59.9 Å². The molecule has 15 N–H and O–H groups in total. The van der Waals surface area contributed by atoms with Gasteiger partial charge in [-0.1, -0.05) is 107 Å². The van der Waals surface area contributed by atoms with E-state index in [9.17, 15) is 78.0 Å². The molecule has 8 amide bonds. The number of phenols is 1. The van der Waals surface area contributed by atoms with Crippen molar-refractivity contribution >= 4 is 83.8 Å². The Morgan fingerprint density at radius 3 is 1.32 bits per heavy atom. The lowest BCUT2D eigenvalue weighted by molar-refractivity contribution is -0.144. The fourth-order valence-electron chi connectivity index (χ4n) is 8.10.